The molecule has 4 rings (SSSR count). The summed E-state index contributed by atoms with van der Waals surface area (Å²) in [4.78, 5) is 13.6. The molecule has 2 saturated carbocycles. The third-order valence-corrected chi connectivity index (χ3v) is 6.51. The molecule has 3 nitrogen and oxygen atoms in total. The fourth-order valence-electron chi connectivity index (χ4n) is 3.09. The number of aryl methyl sites for hydroxylation is 1. The number of ketones is 1. The molecule has 0 spiro atoms. The van der Waals surface area contributed by atoms with E-state index < -0.39 is 0 Å². The molecule has 1 aromatic rings. The van der Waals surface area contributed by atoms with E-state index in [2.05, 4.69) is 32.6 Å². The number of hydrogen-bond donors (Lipinski definition) is 0. The second-order valence-electron chi connectivity index (χ2n) is 9.28. The van der Waals surface area contributed by atoms with Crippen molar-refractivity contribution in [2.45, 2.75) is 67.2 Å². The molecule has 0 amide bonds. The molecule has 2 unspecified atom stereocenters. The first-order valence-corrected chi connectivity index (χ1v) is 11.4. The standard InChI is InChI=1S/C12H19NO2.C7H7Cl.C6H12/c1-4-13-7-10(13)11(9(2)14)15-8-12(3)5-6-12;1-6-3-2-4-7(8)5-6;1-5-3-4-6(5)2/h4-8H2,1-3H3;2-5H,1H3;5-6H,3-4H2,1-2H3/b11-10-;;. The summed E-state index contributed by atoms with van der Waals surface area (Å²) in [7, 11) is 0. The third kappa shape index (κ3) is 8.04. The summed E-state index contributed by atoms with van der Waals surface area (Å²) in [6, 6.07) is 7.76. The third-order valence-electron chi connectivity index (χ3n) is 6.28. The lowest BCUT2D eigenvalue weighted by Gasteiger charge is -2.29. The number of allylic oxidation sites excluding steroid dienone is 1. The van der Waals surface area contributed by atoms with E-state index in [1.54, 1.807) is 6.92 Å². The van der Waals surface area contributed by atoms with Gasteiger partial charge in [-0.3, -0.25) is 4.79 Å². The molecule has 2 atom stereocenters. The van der Waals surface area contributed by atoms with Crippen LogP contribution in [0.1, 0.15) is 65.9 Å². The summed E-state index contributed by atoms with van der Waals surface area (Å²) in [5.41, 5.74) is 2.64. The van der Waals surface area contributed by atoms with Gasteiger partial charge in [-0.05, 0) is 56.2 Å². The van der Waals surface area contributed by atoms with Crippen molar-refractivity contribution in [1.29, 1.82) is 0 Å². The van der Waals surface area contributed by atoms with Crippen molar-refractivity contribution in [3.8, 4) is 0 Å². The average molecular weight is 420 g/mol. The maximum Gasteiger partial charge on any atom is 0.196 e. The normalized spacial score (nSPS) is 24.7. The zero-order valence-corrected chi connectivity index (χ0v) is 19.8. The van der Waals surface area contributed by atoms with E-state index in [1.165, 1.54) is 31.2 Å². The number of ether oxygens (including phenoxy) is 1. The van der Waals surface area contributed by atoms with E-state index in [4.69, 9.17) is 16.3 Å². The Labute approximate surface area is 182 Å². The molecule has 1 heterocycles. The Hall–Kier alpha value is -1.48. The zero-order valence-electron chi connectivity index (χ0n) is 19.1. The van der Waals surface area contributed by atoms with Crippen molar-refractivity contribution in [3.63, 3.8) is 0 Å². The van der Waals surface area contributed by atoms with Gasteiger partial charge in [0.25, 0.3) is 0 Å². The molecule has 3 fully saturated rings. The largest absolute Gasteiger partial charge is 0.487 e. The highest BCUT2D eigenvalue weighted by Gasteiger charge is 2.39. The predicted molar refractivity (Wildman–Crippen MR) is 122 cm³/mol. The van der Waals surface area contributed by atoms with E-state index in [9.17, 15) is 4.79 Å². The lowest BCUT2D eigenvalue weighted by Crippen LogP contribution is -2.18. The number of likely N-dealkylation sites (N-methyl/N-ethyl adjacent to an activating group) is 1. The summed E-state index contributed by atoms with van der Waals surface area (Å²) in [5.74, 6) is 2.73. The first-order chi connectivity index (χ1) is 13.6. The lowest BCUT2D eigenvalue weighted by atomic mass is 9.77. The molecule has 1 aliphatic heterocycles. The van der Waals surface area contributed by atoms with Crippen LogP contribution in [0.3, 0.4) is 0 Å². The van der Waals surface area contributed by atoms with Gasteiger partial charge in [0.15, 0.2) is 11.5 Å². The number of Topliss-reactive ketones (excluding diaryl/α,β-unsaturated/α-hetero) is 1. The number of halogens is 1. The average Bonchev–Trinajstić information content (AvgIpc) is 3.59. The smallest absolute Gasteiger partial charge is 0.196 e. The highest BCUT2D eigenvalue weighted by Crippen LogP contribution is 2.45. The lowest BCUT2D eigenvalue weighted by molar-refractivity contribution is -0.117. The first-order valence-electron chi connectivity index (χ1n) is 11.0. The van der Waals surface area contributed by atoms with Crippen molar-refractivity contribution >= 4 is 17.4 Å². The molecule has 0 bridgehead atoms. The van der Waals surface area contributed by atoms with Crippen LogP contribution < -0.4 is 0 Å². The topological polar surface area (TPSA) is 29.3 Å². The van der Waals surface area contributed by atoms with Gasteiger partial charge in [-0.1, -0.05) is 57.3 Å². The molecule has 4 heteroatoms. The molecule has 1 aromatic carbocycles. The quantitative estimate of drug-likeness (QED) is 0.304. The van der Waals surface area contributed by atoms with Crippen LogP contribution in [0.15, 0.2) is 35.7 Å². The van der Waals surface area contributed by atoms with Gasteiger partial charge in [0, 0.05) is 23.9 Å². The highest BCUT2D eigenvalue weighted by atomic mass is 35.5. The van der Waals surface area contributed by atoms with Crippen molar-refractivity contribution in [2.24, 2.45) is 17.3 Å². The Morgan fingerprint density at radius 1 is 1.24 bits per heavy atom. The number of carbonyl (C=O) groups is 1. The van der Waals surface area contributed by atoms with E-state index in [1.807, 2.05) is 31.2 Å². The van der Waals surface area contributed by atoms with Crippen molar-refractivity contribution < 1.29 is 9.53 Å². The Morgan fingerprint density at radius 2 is 1.86 bits per heavy atom. The minimum Gasteiger partial charge on any atom is -0.487 e. The second kappa shape index (κ2) is 10.5. The Bertz CT molecular complexity index is 698. The molecule has 2 aliphatic carbocycles. The van der Waals surface area contributed by atoms with Crippen LogP contribution in [0.4, 0.5) is 0 Å². The Morgan fingerprint density at radius 3 is 2.17 bits per heavy atom. The fraction of sp³-hybridized carbons (Fsp3) is 0.640. The molecule has 0 aromatic heterocycles. The Kier molecular flexibility index (Phi) is 8.63. The summed E-state index contributed by atoms with van der Waals surface area (Å²) in [6.45, 7) is 15.1. The monoisotopic (exact) mass is 419 g/mol. The van der Waals surface area contributed by atoms with Crippen LogP contribution in [-0.4, -0.2) is 30.4 Å². The number of rotatable bonds is 5. The second-order valence-corrected chi connectivity index (χ2v) is 9.71. The molecular weight excluding hydrogens is 382 g/mol. The SMILES string of the molecule is CC1CCC1C.CCN1C/C1=C(/OCC1(C)CC1)C(C)=O.Cc1cccc(Cl)c1. The number of carbonyl (C=O) groups excluding carboxylic acids is 1. The molecule has 1 saturated heterocycles. The number of benzene rings is 1. The Balaban J connectivity index is 0.000000178. The van der Waals surface area contributed by atoms with Gasteiger partial charge in [-0.2, -0.15) is 0 Å². The molecule has 29 heavy (non-hydrogen) atoms. The van der Waals surface area contributed by atoms with Gasteiger partial charge in [-0.15, -0.1) is 0 Å². The van der Waals surface area contributed by atoms with Crippen LogP contribution in [0.5, 0.6) is 0 Å². The van der Waals surface area contributed by atoms with Gasteiger partial charge in [0.1, 0.15) is 0 Å². The van der Waals surface area contributed by atoms with E-state index in [-0.39, 0.29) is 5.78 Å². The molecule has 162 valence electrons. The minimum absolute atomic E-state index is 0.0604. The summed E-state index contributed by atoms with van der Waals surface area (Å²) in [5, 5.41) is 0.810. The maximum absolute atomic E-state index is 11.4. The minimum atomic E-state index is 0.0604. The zero-order chi connectivity index (χ0) is 21.6. The number of hydrogen-bond acceptors (Lipinski definition) is 3. The van der Waals surface area contributed by atoms with Gasteiger partial charge < -0.3 is 9.64 Å². The van der Waals surface area contributed by atoms with Crippen LogP contribution in [0, 0.1) is 24.2 Å². The van der Waals surface area contributed by atoms with E-state index in [0.29, 0.717) is 17.8 Å². The van der Waals surface area contributed by atoms with E-state index in [0.717, 1.165) is 35.6 Å². The summed E-state index contributed by atoms with van der Waals surface area (Å²) >= 11 is 5.64. The molecule has 0 radical (unpaired) electrons. The maximum atomic E-state index is 11.4. The summed E-state index contributed by atoms with van der Waals surface area (Å²) in [6.07, 6.45) is 5.40. The molecule has 0 N–H and O–H groups in total. The van der Waals surface area contributed by atoms with Crippen molar-refractivity contribution in [1.82, 2.24) is 4.90 Å². The number of nitrogens with zero attached hydrogens (tertiary/aromatic N) is 1. The predicted octanol–water partition coefficient (Wildman–Crippen LogP) is 6.64. The van der Waals surface area contributed by atoms with Crippen LogP contribution in [0.2, 0.25) is 5.02 Å². The van der Waals surface area contributed by atoms with Gasteiger partial charge in [0.2, 0.25) is 0 Å². The van der Waals surface area contributed by atoms with Crippen molar-refractivity contribution in [2.75, 3.05) is 19.7 Å². The molecular formula is C25H38ClNO2. The van der Waals surface area contributed by atoms with Gasteiger partial charge >= 0.3 is 0 Å². The summed E-state index contributed by atoms with van der Waals surface area (Å²) < 4.78 is 5.67. The van der Waals surface area contributed by atoms with Crippen molar-refractivity contribution in [3.05, 3.63) is 46.3 Å². The van der Waals surface area contributed by atoms with Gasteiger partial charge in [-0.25, -0.2) is 0 Å². The van der Waals surface area contributed by atoms with Crippen LogP contribution in [0.25, 0.3) is 0 Å². The first kappa shape index (κ1) is 23.8. The van der Waals surface area contributed by atoms with E-state index >= 15 is 0 Å². The molecule has 3 aliphatic rings. The van der Waals surface area contributed by atoms with Crippen LogP contribution >= 0.6 is 11.6 Å². The highest BCUT2D eigenvalue weighted by molar-refractivity contribution is 6.30. The van der Waals surface area contributed by atoms with Crippen LogP contribution in [-0.2, 0) is 9.53 Å². The fourth-order valence-corrected chi connectivity index (χ4v) is 3.34. The van der Waals surface area contributed by atoms with Gasteiger partial charge in [0.05, 0.1) is 18.8 Å².